The van der Waals surface area contributed by atoms with Crippen molar-refractivity contribution in [1.82, 2.24) is 5.32 Å². The molecule has 8 heteroatoms. The lowest BCUT2D eigenvalue weighted by Crippen LogP contribution is -2.34. The Balaban J connectivity index is 2.64. The summed E-state index contributed by atoms with van der Waals surface area (Å²) in [4.78, 5) is 25.4. The Bertz CT molecular complexity index is 875. The number of halogens is 3. The van der Waals surface area contributed by atoms with E-state index in [9.17, 15) is 22.8 Å². The van der Waals surface area contributed by atoms with Crippen LogP contribution in [0, 0.1) is 0 Å². The van der Waals surface area contributed by atoms with Gasteiger partial charge in [0, 0.05) is 11.4 Å². The van der Waals surface area contributed by atoms with Crippen molar-refractivity contribution in [2.45, 2.75) is 52.3 Å². The largest absolute Gasteiger partial charge is 0.466 e. The molecule has 5 nitrogen and oxygen atoms in total. The molecule has 0 radical (unpaired) electrons. The molecule has 158 valence electrons. The summed E-state index contributed by atoms with van der Waals surface area (Å²) in [6, 6.07) is 4.35. The number of methoxy groups -OCH3 is 1. The molecule has 1 aromatic rings. The lowest BCUT2D eigenvalue weighted by atomic mass is 9.80. The Morgan fingerprint density at radius 2 is 1.41 bits per heavy atom. The van der Waals surface area contributed by atoms with Crippen LogP contribution in [-0.4, -0.2) is 24.6 Å². The van der Waals surface area contributed by atoms with Gasteiger partial charge in [-0.2, -0.15) is 13.2 Å². The van der Waals surface area contributed by atoms with Crippen LogP contribution >= 0.6 is 0 Å². The number of carbonyl (C=O) groups is 2. The molecule has 0 saturated heterocycles. The highest BCUT2D eigenvalue weighted by Crippen LogP contribution is 2.40. The number of ether oxygens (including phenoxy) is 2. The molecule has 1 heterocycles. The zero-order valence-corrected chi connectivity index (χ0v) is 17.2. The summed E-state index contributed by atoms with van der Waals surface area (Å²) in [5, 5.41) is 2.97. The molecule has 1 N–H and O–H groups in total. The monoisotopic (exact) mass is 411 g/mol. The Morgan fingerprint density at radius 3 is 1.83 bits per heavy atom. The van der Waals surface area contributed by atoms with Gasteiger partial charge in [0.05, 0.1) is 29.7 Å². The van der Waals surface area contributed by atoms with Crippen molar-refractivity contribution in [2.75, 3.05) is 7.11 Å². The number of carbonyl (C=O) groups excluding carboxylic acids is 2. The number of benzene rings is 1. The van der Waals surface area contributed by atoms with Gasteiger partial charge in [-0.15, -0.1) is 0 Å². The van der Waals surface area contributed by atoms with Crippen LogP contribution < -0.4 is 5.32 Å². The van der Waals surface area contributed by atoms with E-state index in [2.05, 4.69) is 5.32 Å². The maximum Gasteiger partial charge on any atom is 0.416 e. The SMILES string of the molecule is COC(=O)C1=C(C)NC(C)=C(C(=O)OC(C)(C)C)C1c1ccc(C(F)(F)F)cc1. The smallest absolute Gasteiger partial charge is 0.416 e. The van der Waals surface area contributed by atoms with Crippen molar-refractivity contribution in [2.24, 2.45) is 0 Å². The summed E-state index contributed by atoms with van der Waals surface area (Å²) >= 11 is 0. The minimum Gasteiger partial charge on any atom is -0.466 e. The minimum atomic E-state index is -4.50. The second-order valence-electron chi connectivity index (χ2n) is 7.75. The van der Waals surface area contributed by atoms with Crippen molar-refractivity contribution >= 4 is 11.9 Å². The Hall–Kier alpha value is -2.77. The molecule has 29 heavy (non-hydrogen) atoms. The molecule has 0 fully saturated rings. The quantitative estimate of drug-likeness (QED) is 0.745. The summed E-state index contributed by atoms with van der Waals surface area (Å²) in [5.74, 6) is -2.28. The van der Waals surface area contributed by atoms with Crippen LogP contribution in [0.3, 0.4) is 0 Å². The van der Waals surface area contributed by atoms with Crippen molar-refractivity contribution in [3.05, 3.63) is 57.9 Å². The van der Waals surface area contributed by atoms with Gasteiger partial charge >= 0.3 is 18.1 Å². The molecule has 1 unspecified atom stereocenters. The van der Waals surface area contributed by atoms with E-state index >= 15 is 0 Å². The highest BCUT2D eigenvalue weighted by molar-refractivity contribution is 6.00. The first kappa shape index (κ1) is 22.5. The summed E-state index contributed by atoms with van der Waals surface area (Å²) in [5.41, 5.74) is -0.0869. The highest BCUT2D eigenvalue weighted by atomic mass is 19.4. The lowest BCUT2D eigenvalue weighted by Gasteiger charge is -2.32. The predicted octanol–water partition coefficient (Wildman–Crippen LogP) is 4.45. The summed E-state index contributed by atoms with van der Waals surface area (Å²) in [7, 11) is 1.20. The first-order valence-electron chi connectivity index (χ1n) is 8.93. The van der Waals surface area contributed by atoms with Gasteiger partial charge in [-0.3, -0.25) is 0 Å². The van der Waals surface area contributed by atoms with Gasteiger partial charge in [-0.1, -0.05) is 12.1 Å². The zero-order valence-electron chi connectivity index (χ0n) is 17.2. The summed E-state index contributed by atoms with van der Waals surface area (Å²) in [6.07, 6.45) is -4.50. The average Bonchev–Trinajstić information content (AvgIpc) is 2.58. The average molecular weight is 411 g/mol. The summed E-state index contributed by atoms with van der Waals surface area (Å²) < 4.78 is 49.2. The van der Waals surface area contributed by atoms with Gasteiger partial charge in [-0.25, -0.2) is 9.59 Å². The van der Waals surface area contributed by atoms with Crippen LogP contribution in [0.25, 0.3) is 0 Å². The molecule has 0 amide bonds. The van der Waals surface area contributed by atoms with E-state index in [1.165, 1.54) is 19.2 Å². The topological polar surface area (TPSA) is 64.6 Å². The van der Waals surface area contributed by atoms with Crippen LogP contribution in [0.15, 0.2) is 46.8 Å². The van der Waals surface area contributed by atoms with Crippen LogP contribution in [0.4, 0.5) is 13.2 Å². The number of rotatable bonds is 3. The standard InChI is InChI=1S/C21H24F3NO4/c1-11-15(18(26)28-6)17(13-7-9-14(10-8-13)21(22,23)24)16(12(2)25-11)19(27)29-20(3,4)5/h7-10,17,25H,1-6H3. The van der Waals surface area contributed by atoms with Crippen LogP contribution in [0.1, 0.15) is 51.7 Å². The van der Waals surface area contributed by atoms with Gasteiger partial charge < -0.3 is 14.8 Å². The molecule has 1 aliphatic heterocycles. The van der Waals surface area contributed by atoms with Crippen LogP contribution in [0.2, 0.25) is 0 Å². The highest BCUT2D eigenvalue weighted by Gasteiger charge is 2.39. The third kappa shape index (κ3) is 4.99. The Kier molecular flexibility index (Phi) is 6.15. The first-order valence-corrected chi connectivity index (χ1v) is 8.93. The molecular weight excluding hydrogens is 387 g/mol. The van der Waals surface area contributed by atoms with Gasteiger partial charge in [0.2, 0.25) is 0 Å². The number of hydrogen-bond donors (Lipinski definition) is 1. The van der Waals surface area contributed by atoms with Gasteiger partial charge in [0.1, 0.15) is 5.60 Å². The van der Waals surface area contributed by atoms with E-state index in [0.717, 1.165) is 12.1 Å². The third-order valence-electron chi connectivity index (χ3n) is 4.36. The van der Waals surface area contributed by atoms with Crippen LogP contribution in [-0.2, 0) is 25.2 Å². The fraction of sp³-hybridized carbons (Fsp3) is 0.429. The molecule has 0 aromatic heterocycles. The molecule has 1 aliphatic rings. The fourth-order valence-electron chi connectivity index (χ4n) is 3.18. The second kappa shape index (κ2) is 7.93. The van der Waals surface area contributed by atoms with Gasteiger partial charge in [0.25, 0.3) is 0 Å². The Morgan fingerprint density at radius 1 is 0.931 bits per heavy atom. The van der Waals surface area contributed by atoms with Gasteiger partial charge in [0.15, 0.2) is 0 Å². The zero-order chi connectivity index (χ0) is 22.1. The number of allylic oxidation sites excluding steroid dienone is 2. The maximum absolute atomic E-state index is 13.0. The maximum atomic E-state index is 13.0. The molecule has 0 bridgehead atoms. The molecule has 0 saturated carbocycles. The number of esters is 2. The predicted molar refractivity (Wildman–Crippen MR) is 101 cm³/mol. The molecule has 1 aromatic carbocycles. The van der Waals surface area contributed by atoms with E-state index in [1.54, 1.807) is 34.6 Å². The molecule has 2 rings (SSSR count). The van der Waals surface area contributed by atoms with Crippen molar-refractivity contribution in [3.63, 3.8) is 0 Å². The van der Waals surface area contributed by atoms with Crippen molar-refractivity contribution < 1.29 is 32.2 Å². The minimum absolute atomic E-state index is 0.138. The summed E-state index contributed by atoms with van der Waals surface area (Å²) in [6.45, 7) is 8.39. The van der Waals surface area contributed by atoms with E-state index in [4.69, 9.17) is 9.47 Å². The van der Waals surface area contributed by atoms with Crippen molar-refractivity contribution in [1.29, 1.82) is 0 Å². The Labute approximate surface area is 167 Å². The molecular formula is C21H24F3NO4. The number of hydrogen-bond acceptors (Lipinski definition) is 5. The number of alkyl halides is 3. The molecule has 0 spiro atoms. The molecule has 1 atom stereocenters. The first-order chi connectivity index (χ1) is 13.3. The van der Waals surface area contributed by atoms with Crippen molar-refractivity contribution in [3.8, 4) is 0 Å². The van der Waals surface area contributed by atoms with E-state index in [1.807, 2.05) is 0 Å². The fourth-order valence-corrected chi connectivity index (χ4v) is 3.18. The van der Waals surface area contributed by atoms with Crippen LogP contribution in [0.5, 0.6) is 0 Å². The number of nitrogens with one attached hydrogen (secondary N) is 1. The van der Waals surface area contributed by atoms with E-state index < -0.39 is 35.2 Å². The third-order valence-corrected chi connectivity index (χ3v) is 4.36. The molecule has 0 aliphatic carbocycles. The van der Waals surface area contributed by atoms with E-state index in [0.29, 0.717) is 17.0 Å². The second-order valence-corrected chi connectivity index (χ2v) is 7.75. The lowest BCUT2D eigenvalue weighted by molar-refractivity contribution is -0.150. The number of dihydropyridines is 1. The normalized spacial score (nSPS) is 17.8. The van der Waals surface area contributed by atoms with E-state index in [-0.39, 0.29) is 11.1 Å². The van der Waals surface area contributed by atoms with Gasteiger partial charge in [-0.05, 0) is 52.3 Å².